The van der Waals surface area contributed by atoms with E-state index in [4.69, 9.17) is 9.47 Å². The molecular weight excluding hydrogens is 341 g/mol. The van der Waals surface area contributed by atoms with Crippen LogP contribution in [0.15, 0.2) is 42.5 Å². The highest BCUT2D eigenvalue weighted by atomic mass is 19.4. The van der Waals surface area contributed by atoms with Gasteiger partial charge in [0.2, 0.25) is 6.79 Å². The molecule has 0 unspecified atom stereocenters. The molecule has 6 nitrogen and oxygen atoms in total. The zero-order valence-electron chi connectivity index (χ0n) is 12.7. The Bertz CT molecular complexity index is 763. The molecule has 3 rings (SSSR count). The Morgan fingerprint density at radius 1 is 1.08 bits per heavy atom. The maximum Gasteiger partial charge on any atom is 0.573 e. The van der Waals surface area contributed by atoms with E-state index in [0.29, 0.717) is 17.2 Å². The number of benzene rings is 2. The molecule has 1 heterocycles. The van der Waals surface area contributed by atoms with E-state index >= 15 is 0 Å². The summed E-state index contributed by atoms with van der Waals surface area (Å²) in [7, 11) is 0. The van der Waals surface area contributed by atoms with Crippen molar-refractivity contribution in [2.75, 3.05) is 12.1 Å². The van der Waals surface area contributed by atoms with Gasteiger partial charge in [-0.2, -0.15) is 0 Å². The van der Waals surface area contributed by atoms with Gasteiger partial charge in [-0.1, -0.05) is 6.07 Å². The lowest BCUT2D eigenvalue weighted by molar-refractivity contribution is -0.274. The number of fused-ring (bicyclic) bond motifs is 1. The molecule has 9 heteroatoms. The summed E-state index contributed by atoms with van der Waals surface area (Å²) in [5.74, 6) is 0.896. The van der Waals surface area contributed by atoms with Gasteiger partial charge in [-0.25, -0.2) is 4.79 Å². The quantitative estimate of drug-likeness (QED) is 0.880. The number of urea groups is 1. The van der Waals surface area contributed by atoms with E-state index in [0.717, 1.165) is 17.7 Å². The van der Waals surface area contributed by atoms with Gasteiger partial charge in [-0.05, 0) is 42.0 Å². The fourth-order valence-electron chi connectivity index (χ4n) is 2.15. The highest BCUT2D eigenvalue weighted by Crippen LogP contribution is 2.32. The predicted molar refractivity (Wildman–Crippen MR) is 81.5 cm³/mol. The van der Waals surface area contributed by atoms with E-state index in [9.17, 15) is 18.0 Å². The molecule has 2 aromatic rings. The molecule has 2 N–H and O–H groups in total. The SMILES string of the molecule is O=C(NCc1ccc2c(c1)OCO2)Nc1ccc(OC(F)(F)F)cc1. The molecule has 0 aromatic heterocycles. The summed E-state index contributed by atoms with van der Waals surface area (Å²) in [6, 6.07) is 9.63. The van der Waals surface area contributed by atoms with Gasteiger partial charge in [0.25, 0.3) is 0 Å². The van der Waals surface area contributed by atoms with Gasteiger partial charge in [0.1, 0.15) is 5.75 Å². The molecule has 2 aromatic carbocycles. The third kappa shape index (κ3) is 4.69. The van der Waals surface area contributed by atoms with Gasteiger partial charge in [-0.15, -0.1) is 13.2 Å². The summed E-state index contributed by atoms with van der Waals surface area (Å²) in [6.45, 7) is 0.415. The Morgan fingerprint density at radius 2 is 1.80 bits per heavy atom. The lowest BCUT2D eigenvalue weighted by Gasteiger charge is -2.10. The van der Waals surface area contributed by atoms with Crippen LogP contribution in [0.5, 0.6) is 17.2 Å². The van der Waals surface area contributed by atoms with Crippen molar-refractivity contribution in [1.82, 2.24) is 5.32 Å². The molecule has 25 heavy (non-hydrogen) atoms. The summed E-state index contributed by atoms with van der Waals surface area (Å²) in [6.07, 6.45) is -4.75. The summed E-state index contributed by atoms with van der Waals surface area (Å²) in [5.41, 5.74) is 1.14. The van der Waals surface area contributed by atoms with Crippen LogP contribution >= 0.6 is 0 Å². The molecule has 0 atom stereocenters. The van der Waals surface area contributed by atoms with Crippen molar-refractivity contribution < 1.29 is 32.2 Å². The number of hydrogen-bond donors (Lipinski definition) is 2. The van der Waals surface area contributed by atoms with E-state index in [2.05, 4.69) is 15.4 Å². The first-order chi connectivity index (χ1) is 11.9. The fourth-order valence-corrected chi connectivity index (χ4v) is 2.15. The average molecular weight is 354 g/mol. The standard InChI is InChI=1S/C16H13F3N2O4/c17-16(18,19)25-12-4-2-11(3-5-12)21-15(22)20-8-10-1-6-13-14(7-10)24-9-23-13/h1-7H,8-9H2,(H2,20,21,22). The summed E-state index contributed by atoms with van der Waals surface area (Å²) in [4.78, 5) is 11.8. The number of halogens is 3. The molecule has 0 saturated heterocycles. The Kier molecular flexibility index (Phi) is 4.55. The second-order valence-corrected chi connectivity index (χ2v) is 5.07. The Morgan fingerprint density at radius 3 is 2.52 bits per heavy atom. The molecular formula is C16H13F3N2O4. The lowest BCUT2D eigenvalue weighted by atomic mass is 10.2. The van der Waals surface area contributed by atoms with Crippen molar-refractivity contribution in [1.29, 1.82) is 0 Å². The van der Waals surface area contributed by atoms with E-state index < -0.39 is 12.4 Å². The van der Waals surface area contributed by atoms with E-state index in [1.165, 1.54) is 12.1 Å². The summed E-state index contributed by atoms with van der Waals surface area (Å²) >= 11 is 0. The van der Waals surface area contributed by atoms with Crippen LogP contribution in [0.4, 0.5) is 23.7 Å². The first kappa shape index (κ1) is 16.7. The molecule has 0 fully saturated rings. The fraction of sp³-hybridized carbons (Fsp3) is 0.188. The first-order valence-electron chi connectivity index (χ1n) is 7.18. The number of ether oxygens (including phenoxy) is 3. The number of carbonyl (C=O) groups is 1. The predicted octanol–water partition coefficient (Wildman–Crippen LogP) is 3.64. The molecule has 1 aliphatic rings. The van der Waals surface area contributed by atoms with Crippen molar-refractivity contribution in [3.8, 4) is 17.2 Å². The monoisotopic (exact) mass is 354 g/mol. The van der Waals surface area contributed by atoms with Gasteiger partial charge in [0, 0.05) is 12.2 Å². The van der Waals surface area contributed by atoms with Crippen molar-refractivity contribution in [2.24, 2.45) is 0 Å². The van der Waals surface area contributed by atoms with Gasteiger partial charge >= 0.3 is 12.4 Å². The Balaban J connectivity index is 1.50. The molecule has 0 radical (unpaired) electrons. The summed E-state index contributed by atoms with van der Waals surface area (Å²) < 4.78 is 50.4. The molecule has 132 valence electrons. The number of amides is 2. The highest BCUT2D eigenvalue weighted by Gasteiger charge is 2.30. The molecule has 0 bridgehead atoms. The summed E-state index contributed by atoms with van der Waals surface area (Å²) in [5, 5.41) is 5.15. The molecule has 1 aliphatic heterocycles. The van der Waals surface area contributed by atoms with Crippen molar-refractivity contribution >= 4 is 11.7 Å². The minimum absolute atomic E-state index is 0.167. The number of anilines is 1. The Labute approximate surface area is 140 Å². The molecule has 2 amide bonds. The Hall–Kier alpha value is -3.10. The molecule has 0 spiro atoms. The number of hydrogen-bond acceptors (Lipinski definition) is 4. The van der Waals surface area contributed by atoms with E-state index in [1.807, 2.05) is 0 Å². The third-order valence-corrected chi connectivity index (χ3v) is 3.24. The van der Waals surface area contributed by atoms with E-state index in [1.54, 1.807) is 18.2 Å². The lowest BCUT2D eigenvalue weighted by Crippen LogP contribution is -2.28. The second-order valence-electron chi connectivity index (χ2n) is 5.07. The minimum Gasteiger partial charge on any atom is -0.454 e. The van der Waals surface area contributed by atoms with Gasteiger partial charge < -0.3 is 24.8 Å². The van der Waals surface area contributed by atoms with Crippen molar-refractivity contribution in [2.45, 2.75) is 12.9 Å². The number of nitrogens with one attached hydrogen (secondary N) is 2. The molecule has 0 saturated carbocycles. The maximum absolute atomic E-state index is 12.1. The van der Waals surface area contributed by atoms with Gasteiger partial charge in [0.05, 0.1) is 0 Å². The van der Waals surface area contributed by atoms with E-state index in [-0.39, 0.29) is 19.1 Å². The zero-order valence-corrected chi connectivity index (χ0v) is 12.7. The maximum atomic E-state index is 12.1. The third-order valence-electron chi connectivity index (χ3n) is 3.24. The zero-order chi connectivity index (χ0) is 17.9. The van der Waals surface area contributed by atoms with Crippen LogP contribution in [0.2, 0.25) is 0 Å². The van der Waals surface area contributed by atoms with Crippen LogP contribution in [-0.4, -0.2) is 19.2 Å². The van der Waals surface area contributed by atoms with Gasteiger partial charge in [0.15, 0.2) is 11.5 Å². The van der Waals surface area contributed by atoms with Crippen LogP contribution in [-0.2, 0) is 6.54 Å². The van der Waals surface area contributed by atoms with Crippen LogP contribution in [0.1, 0.15) is 5.56 Å². The molecule has 0 aliphatic carbocycles. The number of carbonyl (C=O) groups excluding carboxylic acids is 1. The van der Waals surface area contributed by atoms with Crippen LogP contribution < -0.4 is 24.8 Å². The van der Waals surface area contributed by atoms with Crippen LogP contribution in [0, 0.1) is 0 Å². The van der Waals surface area contributed by atoms with Crippen LogP contribution in [0.3, 0.4) is 0 Å². The average Bonchev–Trinajstić information content (AvgIpc) is 3.01. The largest absolute Gasteiger partial charge is 0.573 e. The van der Waals surface area contributed by atoms with Crippen molar-refractivity contribution in [3.63, 3.8) is 0 Å². The minimum atomic E-state index is -4.75. The highest BCUT2D eigenvalue weighted by molar-refractivity contribution is 5.89. The second kappa shape index (κ2) is 6.80. The van der Waals surface area contributed by atoms with Crippen LogP contribution in [0.25, 0.3) is 0 Å². The van der Waals surface area contributed by atoms with Crippen molar-refractivity contribution in [3.05, 3.63) is 48.0 Å². The normalized spacial score (nSPS) is 12.6. The number of alkyl halides is 3. The number of rotatable bonds is 4. The smallest absolute Gasteiger partial charge is 0.454 e. The van der Waals surface area contributed by atoms with Gasteiger partial charge in [-0.3, -0.25) is 0 Å². The topological polar surface area (TPSA) is 68.8 Å². The first-order valence-corrected chi connectivity index (χ1v) is 7.18.